The van der Waals surface area contributed by atoms with Crippen molar-refractivity contribution in [2.45, 2.75) is 25.8 Å². The Morgan fingerprint density at radius 3 is 2.82 bits per heavy atom. The van der Waals surface area contributed by atoms with Crippen LogP contribution in [-0.4, -0.2) is 23.2 Å². The Bertz CT molecular complexity index is 428. The van der Waals surface area contributed by atoms with Gasteiger partial charge in [-0.3, -0.25) is 5.01 Å². The second kappa shape index (κ2) is 4.99. The molecule has 0 fully saturated rings. The lowest BCUT2D eigenvalue weighted by atomic mass is 10.0. The Kier molecular flexibility index (Phi) is 3.42. The van der Waals surface area contributed by atoms with E-state index in [4.69, 9.17) is 0 Å². The maximum absolute atomic E-state index is 10.5. The van der Waals surface area contributed by atoms with Crippen LogP contribution in [0.15, 0.2) is 35.4 Å². The predicted molar refractivity (Wildman–Crippen MR) is 63.2 cm³/mol. The van der Waals surface area contributed by atoms with Gasteiger partial charge in [0, 0.05) is 31.1 Å². The molecular formula is C13H15N2O2-. The first-order valence-corrected chi connectivity index (χ1v) is 5.72. The topological polar surface area (TPSA) is 55.7 Å². The van der Waals surface area contributed by atoms with Gasteiger partial charge in [-0.25, -0.2) is 0 Å². The van der Waals surface area contributed by atoms with Gasteiger partial charge in [0.15, 0.2) is 0 Å². The van der Waals surface area contributed by atoms with E-state index in [0.717, 1.165) is 12.1 Å². The van der Waals surface area contributed by atoms with Crippen molar-refractivity contribution in [3.63, 3.8) is 0 Å². The first-order valence-electron chi connectivity index (χ1n) is 5.72. The number of nitrogens with zero attached hydrogens (tertiary/aromatic N) is 2. The minimum atomic E-state index is -1.03. The smallest absolute Gasteiger partial charge is 0.0772 e. The van der Waals surface area contributed by atoms with Gasteiger partial charge in [-0.2, -0.15) is 5.10 Å². The summed E-state index contributed by atoms with van der Waals surface area (Å²) in [5, 5.41) is 16.7. The molecular weight excluding hydrogens is 216 g/mol. The molecule has 0 aromatic heterocycles. The van der Waals surface area contributed by atoms with Crippen molar-refractivity contribution in [2.75, 3.05) is 6.54 Å². The molecule has 0 N–H and O–H groups in total. The van der Waals surface area contributed by atoms with Gasteiger partial charge in [-0.15, -0.1) is 0 Å². The highest BCUT2D eigenvalue weighted by molar-refractivity contribution is 5.83. The van der Waals surface area contributed by atoms with Crippen LogP contribution in [-0.2, 0) is 4.79 Å². The molecule has 0 aliphatic carbocycles. The fourth-order valence-electron chi connectivity index (χ4n) is 2.09. The molecule has 2 rings (SSSR count). The highest BCUT2D eigenvalue weighted by Gasteiger charge is 2.25. The van der Waals surface area contributed by atoms with E-state index in [1.54, 1.807) is 0 Å². The molecule has 1 atom stereocenters. The molecule has 0 amide bonds. The van der Waals surface area contributed by atoms with E-state index in [1.165, 1.54) is 5.56 Å². The van der Waals surface area contributed by atoms with Gasteiger partial charge >= 0.3 is 0 Å². The van der Waals surface area contributed by atoms with E-state index in [1.807, 2.05) is 42.3 Å². The number of hydrazone groups is 1. The standard InChI is InChI=1S/C13H16N2O2/c1-10-9-12(11-5-3-2-4-6-11)15(14-10)8-7-13(16)17/h2-6,12H,7-9H2,1H3,(H,16,17)/p-1/t12-/m1/s1. The molecule has 4 nitrogen and oxygen atoms in total. The van der Waals surface area contributed by atoms with Crippen LogP contribution in [0, 0.1) is 0 Å². The zero-order valence-corrected chi connectivity index (χ0v) is 9.80. The van der Waals surface area contributed by atoms with Gasteiger partial charge in [0.05, 0.1) is 6.04 Å². The largest absolute Gasteiger partial charge is 0.550 e. The number of aliphatic carboxylic acids is 1. The van der Waals surface area contributed by atoms with Crippen LogP contribution in [0.25, 0.3) is 0 Å². The Balaban J connectivity index is 2.09. The summed E-state index contributed by atoms with van der Waals surface area (Å²) in [4.78, 5) is 10.5. The van der Waals surface area contributed by atoms with Crippen LogP contribution in [0.1, 0.15) is 31.4 Å². The van der Waals surface area contributed by atoms with E-state index in [2.05, 4.69) is 5.10 Å². The number of carboxylic acids is 1. The fourth-order valence-corrected chi connectivity index (χ4v) is 2.09. The number of hydrogen-bond donors (Lipinski definition) is 0. The van der Waals surface area contributed by atoms with Crippen LogP contribution in [0.3, 0.4) is 0 Å². The molecule has 17 heavy (non-hydrogen) atoms. The number of hydrogen-bond acceptors (Lipinski definition) is 4. The zero-order chi connectivity index (χ0) is 12.3. The first-order chi connectivity index (χ1) is 8.16. The minimum absolute atomic E-state index is 0.0140. The van der Waals surface area contributed by atoms with E-state index in [9.17, 15) is 9.90 Å². The lowest BCUT2D eigenvalue weighted by Gasteiger charge is -2.24. The van der Waals surface area contributed by atoms with Gasteiger partial charge in [0.1, 0.15) is 0 Å². The summed E-state index contributed by atoms with van der Waals surface area (Å²) in [5.41, 5.74) is 2.21. The molecule has 4 heteroatoms. The second-order valence-electron chi connectivity index (χ2n) is 4.25. The van der Waals surface area contributed by atoms with Gasteiger partial charge in [-0.05, 0) is 12.5 Å². The minimum Gasteiger partial charge on any atom is -0.550 e. The van der Waals surface area contributed by atoms with Crippen LogP contribution in [0.5, 0.6) is 0 Å². The molecule has 1 aliphatic rings. The summed E-state index contributed by atoms with van der Waals surface area (Å²) in [5.74, 6) is -1.03. The highest BCUT2D eigenvalue weighted by Crippen LogP contribution is 2.30. The summed E-state index contributed by atoms with van der Waals surface area (Å²) in [7, 11) is 0. The SMILES string of the molecule is CC1=NN(CCC(=O)[O-])[C@@H](c2ccccc2)C1. The molecule has 1 aromatic rings. The molecule has 0 saturated carbocycles. The van der Waals surface area contributed by atoms with Crippen molar-refractivity contribution in [1.29, 1.82) is 0 Å². The van der Waals surface area contributed by atoms with E-state index >= 15 is 0 Å². The maximum Gasteiger partial charge on any atom is 0.0772 e. The van der Waals surface area contributed by atoms with E-state index in [-0.39, 0.29) is 12.5 Å². The molecule has 0 unspecified atom stereocenters. The lowest BCUT2D eigenvalue weighted by Crippen LogP contribution is -2.29. The van der Waals surface area contributed by atoms with E-state index in [0.29, 0.717) is 6.54 Å². The summed E-state index contributed by atoms with van der Waals surface area (Å²) in [6, 6.07) is 10.2. The molecule has 90 valence electrons. The summed E-state index contributed by atoms with van der Waals surface area (Å²) >= 11 is 0. The average molecular weight is 231 g/mol. The monoisotopic (exact) mass is 231 g/mol. The Labute approximate surface area is 101 Å². The highest BCUT2D eigenvalue weighted by atomic mass is 16.4. The summed E-state index contributed by atoms with van der Waals surface area (Å²) < 4.78 is 0. The van der Waals surface area contributed by atoms with Crippen LogP contribution < -0.4 is 5.11 Å². The van der Waals surface area contributed by atoms with Crippen LogP contribution in [0.4, 0.5) is 0 Å². The van der Waals surface area contributed by atoms with Gasteiger partial charge in [-0.1, -0.05) is 30.3 Å². The molecule has 0 bridgehead atoms. The molecule has 1 aromatic carbocycles. The van der Waals surface area contributed by atoms with Crippen molar-refractivity contribution in [2.24, 2.45) is 5.10 Å². The maximum atomic E-state index is 10.5. The van der Waals surface area contributed by atoms with Crippen molar-refractivity contribution < 1.29 is 9.90 Å². The van der Waals surface area contributed by atoms with Crippen molar-refractivity contribution in [3.8, 4) is 0 Å². The van der Waals surface area contributed by atoms with Crippen molar-refractivity contribution >= 4 is 11.7 Å². The number of carboxylic acid groups (broad SMARTS) is 1. The van der Waals surface area contributed by atoms with Crippen molar-refractivity contribution in [3.05, 3.63) is 35.9 Å². The first kappa shape index (κ1) is 11.6. The quantitative estimate of drug-likeness (QED) is 0.775. The molecule has 1 aliphatic heterocycles. The second-order valence-corrected chi connectivity index (χ2v) is 4.25. The third-order valence-electron chi connectivity index (χ3n) is 2.88. The summed E-state index contributed by atoms with van der Waals surface area (Å²) in [6.45, 7) is 2.37. The Morgan fingerprint density at radius 2 is 2.18 bits per heavy atom. The van der Waals surface area contributed by atoms with Gasteiger partial charge in [0.2, 0.25) is 0 Å². The van der Waals surface area contributed by atoms with Gasteiger partial charge in [0.25, 0.3) is 0 Å². The van der Waals surface area contributed by atoms with Crippen LogP contribution in [0.2, 0.25) is 0 Å². The third-order valence-corrected chi connectivity index (χ3v) is 2.88. The van der Waals surface area contributed by atoms with E-state index < -0.39 is 5.97 Å². The molecule has 1 heterocycles. The fraction of sp³-hybridized carbons (Fsp3) is 0.385. The zero-order valence-electron chi connectivity index (χ0n) is 9.80. The average Bonchev–Trinajstić information content (AvgIpc) is 2.69. The normalized spacial score (nSPS) is 19.2. The number of carbonyl (C=O) groups is 1. The predicted octanol–water partition coefficient (Wildman–Crippen LogP) is 0.949. The number of carbonyl (C=O) groups excluding carboxylic acids is 1. The number of rotatable bonds is 4. The molecule has 0 radical (unpaired) electrons. The summed E-state index contributed by atoms with van der Waals surface area (Å²) in [6.07, 6.45) is 0.872. The van der Waals surface area contributed by atoms with Crippen molar-refractivity contribution in [1.82, 2.24) is 5.01 Å². The van der Waals surface area contributed by atoms with Crippen LogP contribution >= 0.6 is 0 Å². The van der Waals surface area contributed by atoms with Gasteiger partial charge < -0.3 is 9.90 Å². The molecule has 0 saturated heterocycles. The molecule has 0 spiro atoms. The Hall–Kier alpha value is -1.84. The third kappa shape index (κ3) is 2.84. The number of benzene rings is 1. The lowest BCUT2D eigenvalue weighted by molar-refractivity contribution is -0.305. The Morgan fingerprint density at radius 1 is 1.47 bits per heavy atom.